The number of likely N-dealkylation sites (N-methyl/N-ethyl adjacent to an activating group) is 1. The Labute approximate surface area is 88.9 Å². The number of hydrogen-bond acceptors (Lipinski definition) is 3. The molecule has 0 saturated heterocycles. The maximum atomic E-state index is 9.71. The molecule has 0 fully saturated rings. The zero-order valence-electron chi connectivity index (χ0n) is 8.13. The largest absolute Gasteiger partial charge is 0.398 e. The van der Waals surface area contributed by atoms with E-state index < -0.39 is 6.10 Å². The van der Waals surface area contributed by atoms with Crippen molar-refractivity contribution in [3.05, 3.63) is 28.8 Å². The molecule has 1 atom stereocenters. The van der Waals surface area contributed by atoms with E-state index in [9.17, 15) is 5.11 Å². The Kier molecular flexibility index (Phi) is 4.20. The van der Waals surface area contributed by atoms with Gasteiger partial charge in [-0.1, -0.05) is 24.6 Å². The van der Waals surface area contributed by atoms with Gasteiger partial charge in [-0.15, -0.1) is 0 Å². The van der Waals surface area contributed by atoms with Crippen molar-refractivity contribution in [1.82, 2.24) is 5.32 Å². The molecule has 0 aromatic heterocycles. The summed E-state index contributed by atoms with van der Waals surface area (Å²) in [6.07, 6.45) is -0.533. The quantitative estimate of drug-likeness (QED) is 0.667. The van der Waals surface area contributed by atoms with Crippen LogP contribution in [0.1, 0.15) is 18.6 Å². The molecule has 0 spiro atoms. The van der Waals surface area contributed by atoms with Crippen molar-refractivity contribution in [1.29, 1.82) is 0 Å². The molecule has 0 saturated carbocycles. The number of rotatable bonds is 4. The van der Waals surface area contributed by atoms with Gasteiger partial charge in [0.25, 0.3) is 0 Å². The van der Waals surface area contributed by atoms with E-state index in [2.05, 4.69) is 5.32 Å². The summed E-state index contributed by atoms with van der Waals surface area (Å²) in [4.78, 5) is 0. The Bertz CT molecular complexity index is 304. The van der Waals surface area contributed by atoms with E-state index in [-0.39, 0.29) is 0 Å². The second-order valence-electron chi connectivity index (χ2n) is 3.10. The van der Waals surface area contributed by atoms with Crippen LogP contribution in [0.15, 0.2) is 18.2 Å². The summed E-state index contributed by atoms with van der Waals surface area (Å²) < 4.78 is 0. The molecule has 1 aromatic rings. The fourth-order valence-corrected chi connectivity index (χ4v) is 1.29. The zero-order valence-corrected chi connectivity index (χ0v) is 8.88. The molecule has 1 unspecified atom stereocenters. The molecule has 1 aromatic carbocycles. The Morgan fingerprint density at radius 2 is 2.29 bits per heavy atom. The molecule has 1 rings (SSSR count). The van der Waals surface area contributed by atoms with Gasteiger partial charge in [-0.2, -0.15) is 0 Å². The van der Waals surface area contributed by atoms with Gasteiger partial charge in [0, 0.05) is 6.54 Å². The molecule has 0 aliphatic heterocycles. The average molecular weight is 215 g/mol. The summed E-state index contributed by atoms with van der Waals surface area (Å²) in [5.41, 5.74) is 6.91. The summed E-state index contributed by atoms with van der Waals surface area (Å²) in [6, 6.07) is 5.17. The number of aliphatic hydroxyl groups excluding tert-OH is 1. The van der Waals surface area contributed by atoms with Gasteiger partial charge in [0.1, 0.15) is 0 Å². The lowest BCUT2D eigenvalue weighted by atomic mass is 10.1. The predicted octanol–water partition coefficient (Wildman–Crippen LogP) is 1.57. The van der Waals surface area contributed by atoms with Crippen molar-refractivity contribution in [3.63, 3.8) is 0 Å². The van der Waals surface area contributed by atoms with Crippen molar-refractivity contribution >= 4 is 17.3 Å². The molecule has 0 aliphatic carbocycles. The van der Waals surface area contributed by atoms with Crippen LogP contribution in [0.2, 0.25) is 5.02 Å². The molecular formula is C10H15ClN2O. The maximum Gasteiger partial charge on any atom is 0.0915 e. The minimum absolute atomic E-state index is 0.500. The fourth-order valence-electron chi connectivity index (χ4n) is 1.17. The van der Waals surface area contributed by atoms with Crippen LogP contribution in [0.5, 0.6) is 0 Å². The van der Waals surface area contributed by atoms with Crippen molar-refractivity contribution in [2.45, 2.75) is 13.0 Å². The van der Waals surface area contributed by atoms with Crippen LogP contribution in [-0.4, -0.2) is 18.2 Å². The van der Waals surface area contributed by atoms with E-state index >= 15 is 0 Å². The van der Waals surface area contributed by atoms with Crippen LogP contribution in [0.25, 0.3) is 0 Å². The first-order chi connectivity index (χ1) is 6.65. The highest BCUT2D eigenvalue weighted by molar-refractivity contribution is 6.33. The lowest BCUT2D eigenvalue weighted by molar-refractivity contribution is 0.175. The molecule has 78 valence electrons. The number of benzene rings is 1. The van der Waals surface area contributed by atoms with Gasteiger partial charge in [0.2, 0.25) is 0 Å². The van der Waals surface area contributed by atoms with Gasteiger partial charge in [-0.05, 0) is 24.2 Å². The summed E-state index contributed by atoms with van der Waals surface area (Å²) in [6.45, 7) is 3.35. The van der Waals surface area contributed by atoms with Crippen LogP contribution < -0.4 is 11.1 Å². The lowest BCUT2D eigenvalue weighted by Crippen LogP contribution is -2.20. The molecule has 3 nitrogen and oxygen atoms in total. The van der Waals surface area contributed by atoms with Crippen LogP contribution in [0.3, 0.4) is 0 Å². The first-order valence-corrected chi connectivity index (χ1v) is 4.96. The highest BCUT2D eigenvalue weighted by Crippen LogP contribution is 2.22. The number of halogens is 1. The molecule has 4 N–H and O–H groups in total. The first-order valence-electron chi connectivity index (χ1n) is 4.59. The van der Waals surface area contributed by atoms with E-state index in [1.165, 1.54) is 0 Å². The molecular weight excluding hydrogens is 200 g/mol. The smallest absolute Gasteiger partial charge is 0.0915 e. The highest BCUT2D eigenvalue weighted by atomic mass is 35.5. The van der Waals surface area contributed by atoms with Crippen LogP contribution in [0.4, 0.5) is 5.69 Å². The van der Waals surface area contributed by atoms with Crippen molar-refractivity contribution in [3.8, 4) is 0 Å². The number of aliphatic hydroxyl groups is 1. The Morgan fingerprint density at radius 1 is 1.57 bits per heavy atom. The normalized spacial score (nSPS) is 12.8. The lowest BCUT2D eigenvalue weighted by Gasteiger charge is -2.12. The van der Waals surface area contributed by atoms with Gasteiger partial charge < -0.3 is 16.2 Å². The number of hydrogen-bond donors (Lipinski definition) is 3. The van der Waals surface area contributed by atoms with E-state index in [1.54, 1.807) is 18.2 Å². The fraction of sp³-hybridized carbons (Fsp3) is 0.400. The van der Waals surface area contributed by atoms with Gasteiger partial charge in [0.05, 0.1) is 16.8 Å². The minimum atomic E-state index is -0.533. The third-order valence-corrected chi connectivity index (χ3v) is 2.34. The third kappa shape index (κ3) is 2.87. The second kappa shape index (κ2) is 5.20. The standard InChI is InChI=1S/C10H15ClN2O/c1-2-13-6-10(14)7-3-4-8(11)9(12)5-7/h3-5,10,13-14H,2,6,12H2,1H3. The van der Waals surface area contributed by atoms with E-state index in [4.69, 9.17) is 17.3 Å². The zero-order chi connectivity index (χ0) is 10.6. The topological polar surface area (TPSA) is 58.3 Å². The van der Waals surface area contributed by atoms with Crippen LogP contribution in [0, 0.1) is 0 Å². The Hall–Kier alpha value is -0.770. The highest BCUT2D eigenvalue weighted by Gasteiger charge is 2.07. The summed E-state index contributed by atoms with van der Waals surface area (Å²) in [7, 11) is 0. The first kappa shape index (κ1) is 11.3. The summed E-state index contributed by atoms with van der Waals surface area (Å²) in [5, 5.41) is 13.3. The van der Waals surface area contributed by atoms with Crippen molar-refractivity contribution in [2.75, 3.05) is 18.8 Å². The van der Waals surface area contributed by atoms with Crippen molar-refractivity contribution < 1.29 is 5.11 Å². The summed E-state index contributed by atoms with van der Waals surface area (Å²) >= 11 is 5.77. The molecule has 0 aliphatic rings. The van der Waals surface area contributed by atoms with Gasteiger partial charge in [-0.3, -0.25) is 0 Å². The van der Waals surface area contributed by atoms with E-state index in [1.807, 2.05) is 6.92 Å². The van der Waals surface area contributed by atoms with Crippen molar-refractivity contribution in [2.24, 2.45) is 0 Å². The molecule has 0 heterocycles. The molecule has 0 bridgehead atoms. The minimum Gasteiger partial charge on any atom is -0.398 e. The van der Waals surface area contributed by atoms with Crippen LogP contribution >= 0.6 is 11.6 Å². The number of nitrogen functional groups attached to an aromatic ring is 1. The van der Waals surface area contributed by atoms with Gasteiger partial charge in [0.15, 0.2) is 0 Å². The average Bonchev–Trinajstić information content (AvgIpc) is 2.18. The Morgan fingerprint density at radius 3 is 2.86 bits per heavy atom. The van der Waals surface area contributed by atoms with Crippen LogP contribution in [-0.2, 0) is 0 Å². The molecule has 4 heteroatoms. The monoisotopic (exact) mass is 214 g/mol. The van der Waals surface area contributed by atoms with E-state index in [0.717, 1.165) is 12.1 Å². The SMILES string of the molecule is CCNCC(O)c1ccc(Cl)c(N)c1. The predicted molar refractivity (Wildman–Crippen MR) is 59.4 cm³/mol. The van der Waals surface area contributed by atoms with E-state index in [0.29, 0.717) is 17.3 Å². The molecule has 14 heavy (non-hydrogen) atoms. The summed E-state index contributed by atoms with van der Waals surface area (Å²) in [5.74, 6) is 0. The molecule has 0 radical (unpaired) electrons. The number of nitrogens with two attached hydrogens (primary N) is 1. The Balaban J connectivity index is 2.70. The molecule has 0 amide bonds. The third-order valence-electron chi connectivity index (χ3n) is 1.99. The number of anilines is 1. The maximum absolute atomic E-state index is 9.71. The van der Waals surface area contributed by atoms with Gasteiger partial charge in [-0.25, -0.2) is 0 Å². The van der Waals surface area contributed by atoms with Gasteiger partial charge >= 0.3 is 0 Å². The second-order valence-corrected chi connectivity index (χ2v) is 3.51. The number of nitrogens with one attached hydrogen (secondary N) is 1.